The Morgan fingerprint density at radius 3 is 2.57 bits per heavy atom. The van der Waals surface area contributed by atoms with Crippen LogP contribution in [0.4, 0.5) is 10.1 Å². The van der Waals surface area contributed by atoms with Gasteiger partial charge in [0.1, 0.15) is 5.82 Å². The first-order valence-electron chi connectivity index (χ1n) is 12.0. The van der Waals surface area contributed by atoms with E-state index in [4.69, 9.17) is 4.74 Å². The molecule has 1 aromatic carbocycles. The second kappa shape index (κ2) is 10.4. The summed E-state index contributed by atoms with van der Waals surface area (Å²) >= 11 is 0. The summed E-state index contributed by atoms with van der Waals surface area (Å²) in [5.41, 5.74) is 5.32. The molecular formula is C28H32FN3O3. The summed E-state index contributed by atoms with van der Waals surface area (Å²) in [6, 6.07) is 10.2. The number of aryl methyl sites for hydroxylation is 1. The van der Waals surface area contributed by atoms with Crippen LogP contribution in [0.15, 0.2) is 48.8 Å². The van der Waals surface area contributed by atoms with Crippen LogP contribution in [0.5, 0.6) is 5.88 Å². The Morgan fingerprint density at radius 2 is 1.91 bits per heavy atom. The van der Waals surface area contributed by atoms with Crippen molar-refractivity contribution in [2.24, 2.45) is 5.41 Å². The minimum atomic E-state index is -0.870. The first-order valence-corrected chi connectivity index (χ1v) is 12.0. The number of ether oxygens (including phenoxy) is 1. The van der Waals surface area contributed by atoms with Gasteiger partial charge in [-0.15, -0.1) is 0 Å². The molecule has 0 amide bonds. The highest BCUT2D eigenvalue weighted by Gasteiger charge is 2.29. The number of benzene rings is 1. The van der Waals surface area contributed by atoms with E-state index in [-0.39, 0.29) is 17.7 Å². The van der Waals surface area contributed by atoms with Crippen LogP contribution in [0.3, 0.4) is 0 Å². The lowest BCUT2D eigenvalue weighted by Crippen LogP contribution is -2.38. The third-order valence-electron chi connectivity index (χ3n) is 6.70. The van der Waals surface area contributed by atoms with Crippen molar-refractivity contribution in [1.29, 1.82) is 0 Å². The summed E-state index contributed by atoms with van der Waals surface area (Å²) in [6.45, 7) is 8.54. The summed E-state index contributed by atoms with van der Waals surface area (Å²) < 4.78 is 19.1. The lowest BCUT2D eigenvalue weighted by Gasteiger charge is -2.40. The molecule has 1 saturated heterocycles. The second-order valence-corrected chi connectivity index (χ2v) is 9.92. The molecule has 1 fully saturated rings. The number of anilines is 1. The van der Waals surface area contributed by atoms with E-state index in [1.54, 1.807) is 18.3 Å². The molecule has 0 radical (unpaired) electrons. The van der Waals surface area contributed by atoms with Crippen molar-refractivity contribution >= 4 is 11.7 Å². The number of rotatable bonds is 8. The number of hydrogen-bond donors (Lipinski definition) is 1. The van der Waals surface area contributed by atoms with Crippen LogP contribution >= 0.6 is 0 Å². The van der Waals surface area contributed by atoms with E-state index in [2.05, 4.69) is 28.7 Å². The maximum absolute atomic E-state index is 13.4. The van der Waals surface area contributed by atoms with Gasteiger partial charge in [0.25, 0.3) is 0 Å². The van der Waals surface area contributed by atoms with Gasteiger partial charge < -0.3 is 14.7 Å². The number of piperidine rings is 1. The fourth-order valence-corrected chi connectivity index (χ4v) is 4.50. The van der Waals surface area contributed by atoms with E-state index in [9.17, 15) is 14.3 Å². The average molecular weight is 478 g/mol. The minimum Gasteiger partial charge on any atom is -0.481 e. The van der Waals surface area contributed by atoms with Gasteiger partial charge in [-0.1, -0.05) is 26.0 Å². The molecule has 0 unspecified atom stereocenters. The molecular weight excluding hydrogens is 445 g/mol. The fourth-order valence-electron chi connectivity index (χ4n) is 4.50. The normalized spacial score (nSPS) is 15.1. The SMILES string of the molecule is Cc1ncc(-c2ccc(OCCc3cccc(F)c3)nc2)c(N2CCC(C)(C)CC2)c1CC(=O)O. The van der Waals surface area contributed by atoms with Crippen LogP contribution in [0.25, 0.3) is 11.1 Å². The van der Waals surface area contributed by atoms with Gasteiger partial charge in [0.15, 0.2) is 0 Å². The minimum absolute atomic E-state index is 0.0728. The highest BCUT2D eigenvalue weighted by atomic mass is 19.1. The molecule has 184 valence electrons. The van der Waals surface area contributed by atoms with Crippen molar-refractivity contribution in [2.75, 3.05) is 24.6 Å². The number of aromatic nitrogens is 2. The Hall–Kier alpha value is -3.48. The lowest BCUT2D eigenvalue weighted by molar-refractivity contribution is -0.136. The molecule has 0 aliphatic carbocycles. The summed E-state index contributed by atoms with van der Waals surface area (Å²) in [6.07, 6.45) is 6.14. The van der Waals surface area contributed by atoms with Crippen molar-refractivity contribution in [3.05, 3.63) is 71.4 Å². The molecule has 35 heavy (non-hydrogen) atoms. The monoisotopic (exact) mass is 477 g/mol. The predicted octanol–water partition coefficient (Wildman–Crippen LogP) is 5.47. The molecule has 3 aromatic rings. The molecule has 0 spiro atoms. The Balaban J connectivity index is 1.57. The van der Waals surface area contributed by atoms with Crippen LogP contribution < -0.4 is 9.64 Å². The van der Waals surface area contributed by atoms with Gasteiger partial charge in [-0.25, -0.2) is 9.37 Å². The summed E-state index contributed by atoms with van der Waals surface area (Å²) in [5.74, 6) is -0.643. The molecule has 0 bridgehead atoms. The molecule has 1 aliphatic heterocycles. The third kappa shape index (κ3) is 6.15. The van der Waals surface area contributed by atoms with Gasteiger partial charge in [-0.3, -0.25) is 9.78 Å². The molecule has 1 aliphatic rings. The van der Waals surface area contributed by atoms with Crippen molar-refractivity contribution in [2.45, 2.75) is 46.5 Å². The molecule has 0 atom stereocenters. The van der Waals surface area contributed by atoms with Crippen LogP contribution in [0, 0.1) is 18.2 Å². The fraction of sp³-hybridized carbons (Fsp3) is 0.393. The van der Waals surface area contributed by atoms with Gasteiger partial charge >= 0.3 is 5.97 Å². The first-order chi connectivity index (χ1) is 16.7. The molecule has 4 rings (SSSR count). The van der Waals surface area contributed by atoms with Gasteiger partial charge in [-0.2, -0.15) is 0 Å². The Labute approximate surface area is 205 Å². The topological polar surface area (TPSA) is 75.6 Å². The number of carboxylic acid groups (broad SMARTS) is 1. The highest BCUT2D eigenvalue weighted by Crippen LogP contribution is 2.39. The number of halogens is 1. The molecule has 7 heteroatoms. The summed E-state index contributed by atoms with van der Waals surface area (Å²) in [5, 5.41) is 9.58. The maximum atomic E-state index is 13.4. The van der Waals surface area contributed by atoms with E-state index < -0.39 is 5.97 Å². The van der Waals surface area contributed by atoms with E-state index in [1.165, 1.54) is 12.1 Å². The van der Waals surface area contributed by atoms with E-state index in [0.29, 0.717) is 18.9 Å². The molecule has 2 aromatic heterocycles. The standard InChI is InChI=1S/C28H32FN3O3/c1-19-23(16-26(33)34)27(32-12-10-28(2,3)11-13-32)24(18-30-19)21-7-8-25(31-17-21)35-14-9-20-5-4-6-22(29)15-20/h4-8,15,17-18H,9-14,16H2,1-3H3,(H,33,34). The zero-order chi connectivity index (χ0) is 25.0. The molecule has 6 nitrogen and oxygen atoms in total. The van der Waals surface area contributed by atoms with Gasteiger partial charge in [0.2, 0.25) is 5.88 Å². The van der Waals surface area contributed by atoms with E-state index in [0.717, 1.165) is 59.6 Å². The van der Waals surface area contributed by atoms with Crippen molar-refractivity contribution in [3.63, 3.8) is 0 Å². The second-order valence-electron chi connectivity index (χ2n) is 9.92. The van der Waals surface area contributed by atoms with Crippen LogP contribution in [-0.4, -0.2) is 40.7 Å². The Morgan fingerprint density at radius 1 is 1.14 bits per heavy atom. The average Bonchev–Trinajstić information content (AvgIpc) is 2.81. The summed E-state index contributed by atoms with van der Waals surface area (Å²) in [7, 11) is 0. The van der Waals surface area contributed by atoms with Gasteiger partial charge in [0.05, 0.1) is 18.7 Å². The Kier molecular flexibility index (Phi) is 7.34. The Bertz CT molecular complexity index is 1180. The first kappa shape index (κ1) is 24.6. The molecule has 0 saturated carbocycles. The number of pyridine rings is 2. The zero-order valence-electron chi connectivity index (χ0n) is 20.6. The van der Waals surface area contributed by atoms with Crippen LogP contribution in [0.2, 0.25) is 0 Å². The zero-order valence-corrected chi connectivity index (χ0v) is 20.6. The number of carboxylic acids is 1. The van der Waals surface area contributed by atoms with Gasteiger partial charge in [0, 0.05) is 60.4 Å². The predicted molar refractivity (Wildman–Crippen MR) is 134 cm³/mol. The van der Waals surface area contributed by atoms with Gasteiger partial charge in [-0.05, 0) is 48.9 Å². The quantitative estimate of drug-likeness (QED) is 0.464. The molecule has 3 heterocycles. The third-order valence-corrected chi connectivity index (χ3v) is 6.70. The number of carbonyl (C=O) groups is 1. The lowest BCUT2D eigenvalue weighted by atomic mass is 9.82. The number of hydrogen-bond acceptors (Lipinski definition) is 5. The van der Waals surface area contributed by atoms with Crippen LogP contribution in [-0.2, 0) is 17.6 Å². The highest BCUT2D eigenvalue weighted by molar-refractivity contribution is 5.84. The van der Waals surface area contributed by atoms with E-state index in [1.807, 2.05) is 25.3 Å². The molecule has 1 N–H and O–H groups in total. The van der Waals surface area contributed by atoms with Crippen LogP contribution in [0.1, 0.15) is 43.5 Å². The van der Waals surface area contributed by atoms with Crippen molar-refractivity contribution < 1.29 is 19.0 Å². The number of aliphatic carboxylic acids is 1. The smallest absolute Gasteiger partial charge is 0.307 e. The van der Waals surface area contributed by atoms with Crippen molar-refractivity contribution in [3.8, 4) is 17.0 Å². The van der Waals surface area contributed by atoms with Crippen molar-refractivity contribution in [1.82, 2.24) is 9.97 Å². The summed E-state index contributed by atoms with van der Waals surface area (Å²) in [4.78, 5) is 23.0. The maximum Gasteiger partial charge on any atom is 0.307 e. The number of nitrogens with zero attached hydrogens (tertiary/aromatic N) is 3. The van der Waals surface area contributed by atoms with E-state index >= 15 is 0 Å². The largest absolute Gasteiger partial charge is 0.481 e.